The third kappa shape index (κ3) is 2.41. The van der Waals surface area contributed by atoms with Gasteiger partial charge in [-0.05, 0) is 17.7 Å². The molecule has 0 saturated carbocycles. The second-order valence-corrected chi connectivity index (χ2v) is 4.01. The van der Waals surface area contributed by atoms with Crippen LogP contribution in [-0.4, -0.2) is 4.98 Å². The number of aromatic nitrogens is 1. The first-order valence-electron chi connectivity index (χ1n) is 4.97. The van der Waals surface area contributed by atoms with Crippen molar-refractivity contribution in [3.05, 3.63) is 47.2 Å². The van der Waals surface area contributed by atoms with Crippen molar-refractivity contribution >= 4 is 17.3 Å². The summed E-state index contributed by atoms with van der Waals surface area (Å²) in [5, 5.41) is 0.0724. The van der Waals surface area contributed by atoms with E-state index in [4.69, 9.17) is 17.3 Å². The Labute approximate surface area is 106 Å². The highest BCUT2D eigenvalue weighted by Gasteiger charge is 2.33. The van der Waals surface area contributed by atoms with E-state index in [2.05, 4.69) is 4.98 Å². The first-order chi connectivity index (χ1) is 8.39. The molecule has 2 N–H and O–H groups in total. The van der Waals surface area contributed by atoms with E-state index in [0.29, 0.717) is 0 Å². The lowest BCUT2D eigenvalue weighted by atomic mass is 10.0. The number of benzene rings is 1. The molecule has 1 aromatic carbocycles. The fourth-order valence-electron chi connectivity index (χ4n) is 1.59. The van der Waals surface area contributed by atoms with Crippen LogP contribution >= 0.6 is 11.6 Å². The summed E-state index contributed by atoms with van der Waals surface area (Å²) in [6, 6.07) is 6.61. The maximum atomic E-state index is 12.8. The highest BCUT2D eigenvalue weighted by Crippen LogP contribution is 2.37. The number of nitrogens with two attached hydrogens (primary N) is 1. The van der Waals surface area contributed by atoms with Crippen molar-refractivity contribution < 1.29 is 13.2 Å². The first kappa shape index (κ1) is 12.7. The van der Waals surface area contributed by atoms with Crippen LogP contribution in [0.1, 0.15) is 5.56 Å². The lowest BCUT2D eigenvalue weighted by Crippen LogP contribution is -2.07. The number of nitrogens with zero attached hydrogens (tertiary/aromatic N) is 1. The molecule has 0 spiro atoms. The number of anilines is 1. The molecule has 0 aliphatic carbocycles. The maximum absolute atomic E-state index is 12.8. The Morgan fingerprint density at radius 1 is 1.17 bits per heavy atom. The minimum absolute atomic E-state index is 0.0286. The van der Waals surface area contributed by atoms with Crippen LogP contribution in [0, 0.1) is 0 Å². The fraction of sp³-hybridized carbons (Fsp3) is 0.0833. The minimum Gasteiger partial charge on any atom is -0.396 e. The van der Waals surface area contributed by atoms with Crippen molar-refractivity contribution in [1.29, 1.82) is 0 Å². The summed E-state index contributed by atoms with van der Waals surface area (Å²) in [6.45, 7) is 0. The van der Waals surface area contributed by atoms with Gasteiger partial charge in [0.05, 0.1) is 11.3 Å². The summed E-state index contributed by atoms with van der Waals surface area (Å²) < 4.78 is 38.5. The SMILES string of the molecule is Nc1cc(-c2ccccc2C(F)(F)F)cnc1Cl. The van der Waals surface area contributed by atoms with Crippen molar-refractivity contribution in [1.82, 2.24) is 4.98 Å². The molecule has 2 nitrogen and oxygen atoms in total. The smallest absolute Gasteiger partial charge is 0.396 e. The Kier molecular flexibility index (Phi) is 3.17. The van der Waals surface area contributed by atoms with E-state index < -0.39 is 11.7 Å². The number of hydrogen-bond donors (Lipinski definition) is 1. The molecular formula is C12H8ClF3N2. The van der Waals surface area contributed by atoms with Crippen LogP contribution in [0.15, 0.2) is 36.5 Å². The van der Waals surface area contributed by atoms with Crippen LogP contribution in [0.5, 0.6) is 0 Å². The zero-order valence-corrected chi connectivity index (χ0v) is 9.76. The number of hydrogen-bond acceptors (Lipinski definition) is 2. The lowest BCUT2D eigenvalue weighted by Gasteiger charge is -2.12. The first-order valence-corrected chi connectivity index (χ1v) is 5.35. The Hall–Kier alpha value is -1.75. The monoisotopic (exact) mass is 272 g/mol. The van der Waals surface area contributed by atoms with E-state index in [9.17, 15) is 13.2 Å². The van der Waals surface area contributed by atoms with Crippen LogP contribution < -0.4 is 5.73 Å². The highest BCUT2D eigenvalue weighted by atomic mass is 35.5. The van der Waals surface area contributed by atoms with Gasteiger partial charge in [0.1, 0.15) is 0 Å². The topological polar surface area (TPSA) is 38.9 Å². The molecular weight excluding hydrogens is 265 g/mol. The van der Waals surface area contributed by atoms with Gasteiger partial charge >= 0.3 is 6.18 Å². The van der Waals surface area contributed by atoms with E-state index in [1.807, 2.05) is 0 Å². The Morgan fingerprint density at radius 3 is 2.44 bits per heavy atom. The van der Waals surface area contributed by atoms with Gasteiger partial charge in [-0.3, -0.25) is 0 Å². The Balaban J connectivity index is 2.61. The van der Waals surface area contributed by atoms with E-state index >= 15 is 0 Å². The van der Waals surface area contributed by atoms with Crippen molar-refractivity contribution in [2.24, 2.45) is 0 Å². The zero-order valence-electron chi connectivity index (χ0n) is 9.00. The van der Waals surface area contributed by atoms with Gasteiger partial charge in [0.25, 0.3) is 0 Å². The van der Waals surface area contributed by atoms with Gasteiger partial charge in [0, 0.05) is 11.8 Å². The van der Waals surface area contributed by atoms with Crippen LogP contribution in [-0.2, 0) is 6.18 Å². The summed E-state index contributed by atoms with van der Waals surface area (Å²) in [5.74, 6) is 0. The average molecular weight is 273 g/mol. The van der Waals surface area contributed by atoms with Crippen LogP contribution in [0.3, 0.4) is 0 Å². The van der Waals surface area contributed by atoms with Crippen LogP contribution in [0.25, 0.3) is 11.1 Å². The Bertz CT molecular complexity index is 582. The largest absolute Gasteiger partial charge is 0.417 e. The number of alkyl halides is 3. The van der Waals surface area contributed by atoms with Crippen LogP contribution in [0.2, 0.25) is 5.15 Å². The van der Waals surface area contributed by atoms with E-state index in [0.717, 1.165) is 6.07 Å². The number of halogens is 4. The molecule has 0 bridgehead atoms. The second-order valence-electron chi connectivity index (χ2n) is 3.65. The molecule has 1 heterocycles. The van der Waals surface area contributed by atoms with Gasteiger partial charge < -0.3 is 5.73 Å². The number of nitrogen functional groups attached to an aromatic ring is 1. The van der Waals surface area contributed by atoms with Crippen molar-refractivity contribution in [3.8, 4) is 11.1 Å². The predicted octanol–water partition coefficient (Wildman–Crippen LogP) is 4.00. The summed E-state index contributed by atoms with van der Waals surface area (Å²) in [7, 11) is 0. The Morgan fingerprint density at radius 2 is 1.83 bits per heavy atom. The van der Waals surface area contributed by atoms with E-state index in [1.54, 1.807) is 0 Å². The molecule has 0 atom stereocenters. The molecule has 2 aromatic rings. The normalized spacial score (nSPS) is 11.6. The highest BCUT2D eigenvalue weighted by molar-refractivity contribution is 6.31. The van der Waals surface area contributed by atoms with E-state index in [1.165, 1.54) is 30.5 Å². The molecule has 0 fully saturated rings. The van der Waals surface area contributed by atoms with Crippen molar-refractivity contribution in [3.63, 3.8) is 0 Å². The van der Waals surface area contributed by atoms with Crippen LogP contribution in [0.4, 0.5) is 18.9 Å². The molecule has 94 valence electrons. The third-order valence-electron chi connectivity index (χ3n) is 2.41. The fourth-order valence-corrected chi connectivity index (χ4v) is 1.70. The molecule has 0 amide bonds. The standard InChI is InChI=1S/C12H8ClF3N2/c13-11-10(17)5-7(6-18-11)8-3-1-2-4-9(8)12(14,15)16/h1-6H,17H2. The van der Waals surface area contributed by atoms with Gasteiger partial charge in [-0.15, -0.1) is 0 Å². The van der Waals surface area contributed by atoms with Gasteiger partial charge in [-0.1, -0.05) is 29.8 Å². The summed E-state index contributed by atoms with van der Waals surface area (Å²) in [5.41, 5.74) is 5.27. The van der Waals surface area contributed by atoms with Gasteiger partial charge in [0.2, 0.25) is 0 Å². The van der Waals surface area contributed by atoms with Gasteiger partial charge in [0.15, 0.2) is 5.15 Å². The number of rotatable bonds is 1. The molecule has 6 heteroatoms. The van der Waals surface area contributed by atoms with Crippen molar-refractivity contribution in [2.75, 3.05) is 5.73 Å². The summed E-state index contributed by atoms with van der Waals surface area (Å²) in [6.07, 6.45) is -3.16. The molecule has 0 unspecified atom stereocenters. The molecule has 0 radical (unpaired) electrons. The quantitative estimate of drug-likeness (QED) is 0.797. The number of pyridine rings is 1. The van der Waals surface area contributed by atoms with E-state index in [-0.39, 0.29) is 22.0 Å². The molecule has 2 rings (SSSR count). The molecule has 18 heavy (non-hydrogen) atoms. The van der Waals surface area contributed by atoms with Gasteiger partial charge in [-0.2, -0.15) is 13.2 Å². The molecule has 0 aliphatic rings. The second kappa shape index (κ2) is 4.49. The van der Waals surface area contributed by atoms with Crippen molar-refractivity contribution in [2.45, 2.75) is 6.18 Å². The zero-order chi connectivity index (χ0) is 13.3. The summed E-state index contributed by atoms with van der Waals surface area (Å²) in [4.78, 5) is 3.75. The third-order valence-corrected chi connectivity index (χ3v) is 2.73. The molecule has 0 aliphatic heterocycles. The molecule has 0 saturated heterocycles. The minimum atomic E-state index is -4.43. The van der Waals surface area contributed by atoms with Gasteiger partial charge in [-0.25, -0.2) is 4.98 Å². The lowest BCUT2D eigenvalue weighted by molar-refractivity contribution is -0.137. The average Bonchev–Trinajstić information content (AvgIpc) is 2.32. The molecule has 1 aromatic heterocycles. The summed E-state index contributed by atoms with van der Waals surface area (Å²) >= 11 is 5.64. The predicted molar refractivity (Wildman–Crippen MR) is 64.1 cm³/mol. The maximum Gasteiger partial charge on any atom is 0.417 e.